The van der Waals surface area contributed by atoms with Gasteiger partial charge in [-0.15, -0.1) is 0 Å². The van der Waals surface area contributed by atoms with Crippen LogP contribution in [0.5, 0.6) is 0 Å². The summed E-state index contributed by atoms with van der Waals surface area (Å²) in [5, 5.41) is 7.23. The molecule has 0 aromatic heterocycles. The van der Waals surface area contributed by atoms with Crippen molar-refractivity contribution < 1.29 is 0 Å². The minimum atomic E-state index is -1.07. The maximum absolute atomic E-state index is 5.85. The summed E-state index contributed by atoms with van der Waals surface area (Å²) in [5.41, 5.74) is 1.34. The Morgan fingerprint density at radius 2 is 1.90 bits per heavy atom. The van der Waals surface area contributed by atoms with Crippen LogP contribution in [0.4, 0.5) is 0 Å². The highest BCUT2D eigenvalue weighted by Gasteiger charge is 2.01. The minimum absolute atomic E-state index is 1.07. The van der Waals surface area contributed by atoms with E-state index < -0.39 is 8.96 Å². The van der Waals surface area contributed by atoms with E-state index in [-0.39, 0.29) is 0 Å². The molecule has 0 saturated heterocycles. The zero-order chi connectivity index (χ0) is 7.56. The normalized spacial score (nSPS) is 13.1. The Kier molecular flexibility index (Phi) is 2.24. The van der Waals surface area contributed by atoms with E-state index in [4.69, 9.17) is 5.40 Å². The van der Waals surface area contributed by atoms with Gasteiger partial charge in [0.25, 0.3) is 0 Å². The van der Waals surface area contributed by atoms with E-state index in [2.05, 4.69) is 37.7 Å². The second kappa shape index (κ2) is 2.99. The summed E-state index contributed by atoms with van der Waals surface area (Å²) in [4.78, 5) is 0. The Labute approximate surface area is 63.6 Å². The van der Waals surface area contributed by atoms with Gasteiger partial charge in [-0.25, -0.2) is 0 Å². The molecular formula is C8H13NSi. The molecule has 1 nitrogen and oxygen atoms in total. The lowest BCUT2D eigenvalue weighted by Crippen LogP contribution is -2.37. The fourth-order valence-corrected chi connectivity index (χ4v) is 2.33. The molecule has 2 heteroatoms. The Morgan fingerprint density at radius 3 is 2.30 bits per heavy atom. The topological polar surface area (TPSA) is 26.0 Å². The SMILES string of the molecule is Cc1ccccc1[SiH](C)N. The van der Waals surface area contributed by atoms with Gasteiger partial charge in [-0.3, -0.25) is 0 Å². The van der Waals surface area contributed by atoms with Crippen molar-refractivity contribution in [3.8, 4) is 0 Å². The highest BCUT2D eigenvalue weighted by Crippen LogP contribution is 1.92. The quantitative estimate of drug-likeness (QED) is 0.582. The van der Waals surface area contributed by atoms with E-state index in [1.165, 1.54) is 10.8 Å². The van der Waals surface area contributed by atoms with Crippen molar-refractivity contribution >= 4 is 14.1 Å². The molecule has 0 spiro atoms. The van der Waals surface area contributed by atoms with E-state index in [1.807, 2.05) is 0 Å². The van der Waals surface area contributed by atoms with E-state index in [1.54, 1.807) is 0 Å². The third-order valence-electron chi connectivity index (χ3n) is 1.68. The summed E-state index contributed by atoms with van der Waals surface area (Å²) in [7, 11) is -1.07. The van der Waals surface area contributed by atoms with Crippen molar-refractivity contribution in [3.63, 3.8) is 0 Å². The predicted octanol–water partition coefficient (Wildman–Crippen LogP) is 0.514. The zero-order valence-corrected chi connectivity index (χ0v) is 7.62. The Balaban J connectivity index is 3.03. The van der Waals surface area contributed by atoms with Gasteiger partial charge in [0.2, 0.25) is 0 Å². The summed E-state index contributed by atoms with van der Waals surface area (Å²) in [6.45, 7) is 4.26. The predicted molar refractivity (Wildman–Crippen MR) is 48.0 cm³/mol. The van der Waals surface area contributed by atoms with Gasteiger partial charge in [-0.1, -0.05) is 36.4 Å². The standard InChI is InChI=1S/C8H13NSi/c1-7-5-3-4-6-8(7)10(2)9/h3-6,10H,9H2,1-2H3. The molecule has 0 radical (unpaired) electrons. The number of nitrogens with two attached hydrogens (primary N) is 1. The molecule has 1 atom stereocenters. The van der Waals surface area contributed by atoms with E-state index in [9.17, 15) is 0 Å². The van der Waals surface area contributed by atoms with Gasteiger partial charge >= 0.3 is 0 Å². The van der Waals surface area contributed by atoms with Crippen LogP contribution in [0, 0.1) is 6.92 Å². The first-order valence-electron chi connectivity index (χ1n) is 3.53. The third kappa shape index (κ3) is 1.46. The van der Waals surface area contributed by atoms with Crippen molar-refractivity contribution in [2.75, 3.05) is 0 Å². The molecule has 0 saturated carbocycles. The average molecular weight is 151 g/mol. The maximum Gasteiger partial charge on any atom is 0.135 e. The summed E-state index contributed by atoms with van der Waals surface area (Å²) in [6.07, 6.45) is 0. The number of hydrogen-bond acceptors (Lipinski definition) is 1. The smallest absolute Gasteiger partial charge is 0.135 e. The number of rotatable bonds is 1. The minimum Gasteiger partial charge on any atom is -0.350 e. The molecular weight excluding hydrogens is 138 g/mol. The van der Waals surface area contributed by atoms with Gasteiger partial charge in [-0.2, -0.15) is 0 Å². The molecule has 10 heavy (non-hydrogen) atoms. The van der Waals surface area contributed by atoms with Crippen molar-refractivity contribution in [1.82, 2.24) is 0 Å². The van der Waals surface area contributed by atoms with Crippen LogP contribution in [0.2, 0.25) is 6.55 Å². The van der Waals surface area contributed by atoms with Gasteiger partial charge < -0.3 is 5.40 Å². The van der Waals surface area contributed by atoms with Crippen molar-refractivity contribution in [2.24, 2.45) is 5.40 Å². The lowest BCUT2D eigenvalue weighted by Gasteiger charge is -2.05. The molecule has 1 aromatic rings. The van der Waals surface area contributed by atoms with Crippen molar-refractivity contribution in [1.29, 1.82) is 0 Å². The number of benzene rings is 1. The second-order valence-corrected chi connectivity index (χ2v) is 4.84. The molecule has 1 rings (SSSR count). The largest absolute Gasteiger partial charge is 0.350 e. The van der Waals surface area contributed by atoms with Crippen LogP contribution in [0.15, 0.2) is 24.3 Å². The Bertz CT molecular complexity index is 220. The van der Waals surface area contributed by atoms with Gasteiger partial charge in [-0.05, 0) is 12.1 Å². The molecule has 0 aliphatic heterocycles. The fraction of sp³-hybridized carbons (Fsp3) is 0.250. The van der Waals surface area contributed by atoms with E-state index >= 15 is 0 Å². The van der Waals surface area contributed by atoms with E-state index in [0.29, 0.717) is 0 Å². The third-order valence-corrected chi connectivity index (χ3v) is 3.31. The molecule has 1 unspecified atom stereocenters. The summed E-state index contributed by atoms with van der Waals surface area (Å²) in [6, 6.07) is 8.35. The first-order valence-corrected chi connectivity index (χ1v) is 5.93. The Morgan fingerprint density at radius 1 is 1.30 bits per heavy atom. The highest BCUT2D eigenvalue weighted by atomic mass is 28.3. The van der Waals surface area contributed by atoms with Gasteiger partial charge in [0.1, 0.15) is 8.96 Å². The second-order valence-electron chi connectivity index (χ2n) is 2.65. The fourth-order valence-electron chi connectivity index (χ4n) is 1.10. The molecule has 0 amide bonds. The molecule has 54 valence electrons. The first-order chi connectivity index (χ1) is 4.72. The van der Waals surface area contributed by atoms with Gasteiger partial charge in [0.15, 0.2) is 0 Å². The highest BCUT2D eigenvalue weighted by molar-refractivity contribution is 6.69. The molecule has 0 bridgehead atoms. The van der Waals surface area contributed by atoms with Gasteiger partial charge in [0, 0.05) is 0 Å². The number of aryl methyl sites for hydroxylation is 1. The molecule has 2 N–H and O–H groups in total. The summed E-state index contributed by atoms with van der Waals surface area (Å²) >= 11 is 0. The summed E-state index contributed by atoms with van der Waals surface area (Å²) in [5.74, 6) is 0. The molecule has 0 aliphatic rings. The lowest BCUT2D eigenvalue weighted by molar-refractivity contribution is 1.50. The van der Waals surface area contributed by atoms with Crippen LogP contribution in [0.1, 0.15) is 5.56 Å². The Hall–Kier alpha value is -0.603. The lowest BCUT2D eigenvalue weighted by atomic mass is 10.2. The van der Waals surface area contributed by atoms with E-state index in [0.717, 1.165) is 0 Å². The molecule has 1 aromatic carbocycles. The van der Waals surface area contributed by atoms with Crippen molar-refractivity contribution in [3.05, 3.63) is 29.8 Å². The van der Waals surface area contributed by atoms with Crippen LogP contribution in [-0.4, -0.2) is 8.96 Å². The molecule has 0 aliphatic carbocycles. The maximum atomic E-state index is 5.85. The monoisotopic (exact) mass is 151 g/mol. The molecule has 0 heterocycles. The van der Waals surface area contributed by atoms with Crippen LogP contribution >= 0.6 is 0 Å². The van der Waals surface area contributed by atoms with Crippen LogP contribution < -0.4 is 10.6 Å². The summed E-state index contributed by atoms with van der Waals surface area (Å²) < 4.78 is 0. The van der Waals surface area contributed by atoms with Crippen molar-refractivity contribution in [2.45, 2.75) is 13.5 Å². The first kappa shape index (κ1) is 7.50. The average Bonchev–Trinajstić information content (AvgIpc) is 1.88. The van der Waals surface area contributed by atoms with Crippen LogP contribution in [-0.2, 0) is 0 Å². The zero-order valence-electron chi connectivity index (χ0n) is 6.46. The van der Waals surface area contributed by atoms with Gasteiger partial charge in [0.05, 0.1) is 0 Å². The van der Waals surface area contributed by atoms with Crippen LogP contribution in [0.3, 0.4) is 0 Å². The van der Waals surface area contributed by atoms with Crippen LogP contribution in [0.25, 0.3) is 0 Å². The molecule has 0 fully saturated rings. The number of hydrogen-bond donors (Lipinski definition) is 1.